The van der Waals surface area contributed by atoms with Gasteiger partial charge < -0.3 is 0 Å². The molecule has 0 spiro atoms. The third-order valence-electron chi connectivity index (χ3n) is 5.70. The van der Waals surface area contributed by atoms with Crippen molar-refractivity contribution in [2.75, 3.05) is 0 Å². The zero-order chi connectivity index (χ0) is 17.2. The van der Waals surface area contributed by atoms with Gasteiger partial charge in [-0.05, 0) is 53.2 Å². The summed E-state index contributed by atoms with van der Waals surface area (Å²) in [6.07, 6.45) is 4.48. The molecule has 1 rings (SSSR count). The van der Waals surface area contributed by atoms with E-state index in [0.717, 1.165) is 12.8 Å². The number of benzene rings is 1. The van der Waals surface area contributed by atoms with Gasteiger partial charge in [0, 0.05) is 4.75 Å². The van der Waals surface area contributed by atoms with E-state index >= 15 is 0 Å². The summed E-state index contributed by atoms with van der Waals surface area (Å²) in [4.78, 5) is 0. The van der Waals surface area contributed by atoms with E-state index in [1.54, 1.807) is 0 Å². The fraction of sp³-hybridized carbons (Fsp3) is 0.714. The van der Waals surface area contributed by atoms with Gasteiger partial charge in [-0.25, -0.2) is 0 Å². The zero-order valence-corrected chi connectivity index (χ0v) is 16.9. The lowest BCUT2D eigenvalue weighted by atomic mass is 9.67. The Bertz CT molecular complexity index is 449. The van der Waals surface area contributed by atoms with Crippen LogP contribution in [0.2, 0.25) is 0 Å². The predicted molar refractivity (Wildman–Crippen MR) is 104 cm³/mol. The molecule has 0 aromatic heterocycles. The predicted octanol–water partition coefficient (Wildman–Crippen LogP) is 7.01. The summed E-state index contributed by atoms with van der Waals surface area (Å²) in [6.45, 7) is 18.6. The Kier molecular flexibility index (Phi) is 6.23. The Balaban J connectivity index is 3.76. The average molecular weight is 321 g/mol. The van der Waals surface area contributed by atoms with Crippen LogP contribution in [0, 0.1) is 0 Å². The molecule has 0 saturated heterocycles. The molecule has 1 aromatic rings. The van der Waals surface area contributed by atoms with E-state index in [9.17, 15) is 0 Å². The first-order valence-corrected chi connectivity index (χ1v) is 9.41. The van der Waals surface area contributed by atoms with Crippen LogP contribution in [0.1, 0.15) is 97.8 Å². The number of hydrogen-bond donors (Lipinski definition) is 1. The van der Waals surface area contributed by atoms with Gasteiger partial charge in [-0.3, -0.25) is 0 Å². The molecular weight excluding hydrogens is 284 g/mol. The molecule has 0 saturated carbocycles. The molecule has 0 atom stereocenters. The Morgan fingerprint density at radius 1 is 0.773 bits per heavy atom. The molecule has 126 valence electrons. The molecule has 1 heteroatoms. The van der Waals surface area contributed by atoms with Crippen LogP contribution >= 0.6 is 12.6 Å². The molecule has 0 aliphatic heterocycles. The van der Waals surface area contributed by atoms with Crippen molar-refractivity contribution in [3.8, 4) is 0 Å². The van der Waals surface area contributed by atoms with Crippen molar-refractivity contribution in [3.05, 3.63) is 34.9 Å². The van der Waals surface area contributed by atoms with Crippen molar-refractivity contribution >= 4 is 12.6 Å². The van der Waals surface area contributed by atoms with E-state index in [0.29, 0.717) is 0 Å². The van der Waals surface area contributed by atoms with Crippen molar-refractivity contribution in [2.45, 2.75) is 96.7 Å². The molecule has 0 bridgehead atoms. The summed E-state index contributed by atoms with van der Waals surface area (Å²) in [7, 11) is 0. The molecule has 0 aliphatic carbocycles. The summed E-state index contributed by atoms with van der Waals surface area (Å²) in [6, 6.07) is 6.92. The molecule has 0 fully saturated rings. The second kappa shape index (κ2) is 6.99. The van der Waals surface area contributed by atoms with Gasteiger partial charge in [0.2, 0.25) is 0 Å². The summed E-state index contributed by atoms with van der Waals surface area (Å²) in [5, 5.41) is 0. The van der Waals surface area contributed by atoms with Crippen LogP contribution in [-0.4, -0.2) is 0 Å². The normalized spacial score (nSPS) is 13.5. The lowest BCUT2D eigenvalue weighted by Gasteiger charge is -2.40. The number of hydrogen-bond acceptors (Lipinski definition) is 1. The van der Waals surface area contributed by atoms with Crippen LogP contribution in [-0.2, 0) is 15.6 Å². The highest BCUT2D eigenvalue weighted by atomic mass is 32.1. The lowest BCUT2D eigenvalue weighted by Crippen LogP contribution is -2.31. The van der Waals surface area contributed by atoms with Gasteiger partial charge in [-0.2, -0.15) is 12.6 Å². The van der Waals surface area contributed by atoms with E-state index in [1.165, 1.54) is 29.5 Å². The van der Waals surface area contributed by atoms with Gasteiger partial charge in [0.15, 0.2) is 0 Å². The average Bonchev–Trinajstić information content (AvgIpc) is 2.51. The van der Waals surface area contributed by atoms with Gasteiger partial charge >= 0.3 is 0 Å². The van der Waals surface area contributed by atoms with Crippen molar-refractivity contribution in [1.82, 2.24) is 0 Å². The zero-order valence-electron chi connectivity index (χ0n) is 16.0. The second-order valence-electron chi connectivity index (χ2n) is 7.98. The molecule has 0 heterocycles. The Morgan fingerprint density at radius 3 is 1.59 bits per heavy atom. The van der Waals surface area contributed by atoms with Crippen LogP contribution in [0.4, 0.5) is 0 Å². The Morgan fingerprint density at radius 2 is 1.23 bits per heavy atom. The Labute approximate surface area is 144 Å². The molecule has 0 aliphatic rings. The standard InChI is InChI=1S/C21H36S/c1-9-20(8,10-2)16-14-13-15-17(18(16)19(5,6)7)21(22,11-3)12-4/h13-15,22H,9-12H2,1-8H3. The van der Waals surface area contributed by atoms with E-state index in [4.69, 9.17) is 12.6 Å². The minimum absolute atomic E-state index is 0.0268. The van der Waals surface area contributed by atoms with E-state index < -0.39 is 0 Å². The summed E-state index contributed by atoms with van der Waals surface area (Å²) in [5.41, 5.74) is 4.88. The van der Waals surface area contributed by atoms with Gasteiger partial charge in [0.25, 0.3) is 0 Å². The minimum Gasteiger partial charge on any atom is -0.168 e. The van der Waals surface area contributed by atoms with Gasteiger partial charge in [0.1, 0.15) is 0 Å². The van der Waals surface area contributed by atoms with Crippen LogP contribution in [0.5, 0.6) is 0 Å². The first kappa shape index (κ1) is 19.6. The SMILES string of the molecule is CCC(C)(CC)c1cccc(C(S)(CC)CC)c1C(C)(C)C. The third kappa shape index (κ3) is 3.55. The van der Waals surface area contributed by atoms with E-state index in [1.807, 2.05) is 0 Å². The quantitative estimate of drug-likeness (QED) is 0.536. The molecular formula is C21H36S. The van der Waals surface area contributed by atoms with Gasteiger partial charge in [-0.1, -0.05) is 73.6 Å². The fourth-order valence-electron chi connectivity index (χ4n) is 3.51. The van der Waals surface area contributed by atoms with Gasteiger partial charge in [-0.15, -0.1) is 0 Å². The molecule has 0 amide bonds. The highest BCUT2D eigenvalue weighted by Crippen LogP contribution is 2.46. The monoisotopic (exact) mass is 320 g/mol. The summed E-state index contributed by atoms with van der Waals surface area (Å²) in [5.74, 6) is 0. The van der Waals surface area contributed by atoms with Crippen LogP contribution in [0.25, 0.3) is 0 Å². The van der Waals surface area contributed by atoms with Crippen LogP contribution in [0.15, 0.2) is 18.2 Å². The highest BCUT2D eigenvalue weighted by Gasteiger charge is 2.36. The van der Waals surface area contributed by atoms with Gasteiger partial charge in [0.05, 0.1) is 0 Å². The smallest absolute Gasteiger partial charge is 0.0376 e. The molecule has 0 radical (unpaired) electrons. The van der Waals surface area contributed by atoms with Crippen molar-refractivity contribution < 1.29 is 0 Å². The van der Waals surface area contributed by atoms with E-state index in [-0.39, 0.29) is 15.6 Å². The second-order valence-corrected chi connectivity index (χ2v) is 8.84. The van der Waals surface area contributed by atoms with Crippen molar-refractivity contribution in [1.29, 1.82) is 0 Å². The van der Waals surface area contributed by atoms with Crippen LogP contribution < -0.4 is 0 Å². The lowest BCUT2D eigenvalue weighted by molar-refractivity contribution is 0.419. The molecule has 0 nitrogen and oxygen atoms in total. The molecule has 0 N–H and O–H groups in total. The maximum absolute atomic E-state index is 5.11. The third-order valence-corrected chi connectivity index (χ3v) is 6.57. The van der Waals surface area contributed by atoms with Crippen molar-refractivity contribution in [3.63, 3.8) is 0 Å². The summed E-state index contributed by atoms with van der Waals surface area (Å²) >= 11 is 5.11. The largest absolute Gasteiger partial charge is 0.168 e. The molecule has 1 aromatic carbocycles. The maximum atomic E-state index is 5.11. The fourth-order valence-corrected chi connectivity index (χ4v) is 3.70. The number of rotatable bonds is 6. The Hall–Kier alpha value is -0.430. The number of thiol groups is 1. The van der Waals surface area contributed by atoms with Crippen molar-refractivity contribution in [2.24, 2.45) is 0 Å². The first-order valence-electron chi connectivity index (χ1n) is 8.96. The molecule has 0 unspecified atom stereocenters. The molecule has 22 heavy (non-hydrogen) atoms. The topological polar surface area (TPSA) is 0 Å². The minimum atomic E-state index is -0.0268. The van der Waals surface area contributed by atoms with Crippen LogP contribution in [0.3, 0.4) is 0 Å². The summed E-state index contributed by atoms with van der Waals surface area (Å²) < 4.78 is -0.0268. The maximum Gasteiger partial charge on any atom is 0.0376 e. The first-order chi connectivity index (χ1) is 10.1. The highest BCUT2D eigenvalue weighted by molar-refractivity contribution is 7.81. The van der Waals surface area contributed by atoms with E-state index in [2.05, 4.69) is 73.6 Å².